The number of carbonyl (C=O) groups excluding carboxylic acids is 1. The summed E-state index contributed by atoms with van der Waals surface area (Å²) in [6, 6.07) is 6.46. The third-order valence-electron chi connectivity index (χ3n) is 2.76. The van der Waals surface area contributed by atoms with Crippen molar-refractivity contribution in [1.29, 1.82) is 0 Å². The predicted octanol–water partition coefficient (Wildman–Crippen LogP) is 4.06. The summed E-state index contributed by atoms with van der Waals surface area (Å²) < 4.78 is 24.5. The van der Waals surface area contributed by atoms with Gasteiger partial charge in [-0.25, -0.2) is 19.0 Å². The molecule has 0 bridgehead atoms. The van der Waals surface area contributed by atoms with Gasteiger partial charge >= 0.3 is 12.1 Å². The molecule has 1 aromatic heterocycles. The van der Waals surface area contributed by atoms with E-state index in [1.807, 2.05) is 0 Å². The number of halogens is 1. The van der Waals surface area contributed by atoms with Crippen LogP contribution in [0.2, 0.25) is 0 Å². The molecule has 0 radical (unpaired) electrons. The quantitative estimate of drug-likeness (QED) is 0.865. The number of ether oxygens (including phenoxy) is 2. The van der Waals surface area contributed by atoms with Gasteiger partial charge < -0.3 is 14.6 Å². The van der Waals surface area contributed by atoms with Gasteiger partial charge in [-0.1, -0.05) is 0 Å². The second kappa shape index (κ2) is 7.16. The van der Waals surface area contributed by atoms with Gasteiger partial charge in [0.1, 0.15) is 17.1 Å². The van der Waals surface area contributed by atoms with Crippen LogP contribution in [0.5, 0.6) is 11.5 Å². The molecule has 0 saturated heterocycles. The molecular weight excluding hydrogens is 331 g/mol. The highest BCUT2D eigenvalue weighted by atomic mass is 19.1. The largest absolute Gasteiger partial charge is 0.477 e. The molecule has 0 fully saturated rings. The van der Waals surface area contributed by atoms with Crippen molar-refractivity contribution in [3.8, 4) is 11.5 Å². The summed E-state index contributed by atoms with van der Waals surface area (Å²) in [4.78, 5) is 26.2. The van der Waals surface area contributed by atoms with Crippen molar-refractivity contribution in [1.82, 2.24) is 4.98 Å². The summed E-state index contributed by atoms with van der Waals surface area (Å²) in [6.45, 7) is 5.08. The van der Waals surface area contributed by atoms with Gasteiger partial charge in [0.15, 0.2) is 11.5 Å². The molecule has 0 saturated carbocycles. The topological polar surface area (TPSA) is 97.8 Å². The summed E-state index contributed by atoms with van der Waals surface area (Å²) in [6.07, 6.45) is 0.494. The van der Waals surface area contributed by atoms with Crippen LogP contribution in [0, 0.1) is 5.82 Å². The highest BCUT2D eigenvalue weighted by Crippen LogP contribution is 2.26. The Morgan fingerprint density at radius 3 is 2.44 bits per heavy atom. The lowest BCUT2D eigenvalue weighted by atomic mass is 10.2. The minimum absolute atomic E-state index is 0.0671. The van der Waals surface area contributed by atoms with Crippen LogP contribution in [0.25, 0.3) is 0 Å². The molecule has 1 heterocycles. The predicted molar refractivity (Wildman–Crippen MR) is 87.5 cm³/mol. The molecular formula is C17H17FN2O5. The minimum atomic E-state index is -1.20. The number of hydrogen-bond acceptors (Lipinski definition) is 5. The number of benzene rings is 1. The number of anilines is 1. The van der Waals surface area contributed by atoms with Crippen LogP contribution in [-0.2, 0) is 4.74 Å². The van der Waals surface area contributed by atoms with Crippen molar-refractivity contribution in [3.05, 3.63) is 48.0 Å². The third-order valence-corrected chi connectivity index (χ3v) is 2.76. The van der Waals surface area contributed by atoms with E-state index in [0.29, 0.717) is 0 Å². The number of rotatable bonds is 4. The van der Waals surface area contributed by atoms with Crippen molar-refractivity contribution in [2.24, 2.45) is 0 Å². The van der Waals surface area contributed by atoms with Crippen LogP contribution < -0.4 is 10.1 Å². The summed E-state index contributed by atoms with van der Waals surface area (Å²) >= 11 is 0. The van der Waals surface area contributed by atoms with Gasteiger partial charge in [-0.05, 0) is 39.0 Å². The van der Waals surface area contributed by atoms with Crippen molar-refractivity contribution in [3.63, 3.8) is 0 Å². The fourth-order valence-electron chi connectivity index (χ4n) is 1.80. The standard InChI is InChI=1S/C17H17FN2O5/c1-17(2,3)25-16(23)20-13-5-4-10(8-12(13)18)24-11-6-7-19-14(9-11)15(21)22/h4-9H,1-3H3,(H,20,23)(H,21,22). The Morgan fingerprint density at radius 2 is 1.84 bits per heavy atom. The average molecular weight is 348 g/mol. The highest BCUT2D eigenvalue weighted by Gasteiger charge is 2.17. The monoisotopic (exact) mass is 348 g/mol. The van der Waals surface area contributed by atoms with Gasteiger partial charge in [0, 0.05) is 18.3 Å². The molecule has 132 valence electrons. The van der Waals surface area contributed by atoms with Crippen molar-refractivity contribution in [2.75, 3.05) is 5.32 Å². The first kappa shape index (κ1) is 18.2. The third kappa shape index (κ3) is 5.45. The molecule has 2 aromatic rings. The lowest BCUT2D eigenvalue weighted by Gasteiger charge is -2.19. The summed E-state index contributed by atoms with van der Waals surface area (Å²) in [7, 11) is 0. The molecule has 0 aliphatic heterocycles. The number of pyridine rings is 1. The van der Waals surface area contributed by atoms with Gasteiger partial charge in [-0.2, -0.15) is 0 Å². The highest BCUT2D eigenvalue weighted by molar-refractivity contribution is 5.86. The zero-order valence-corrected chi connectivity index (χ0v) is 13.9. The van der Waals surface area contributed by atoms with E-state index in [4.69, 9.17) is 14.6 Å². The number of amides is 1. The van der Waals surface area contributed by atoms with Crippen molar-refractivity contribution < 1.29 is 28.6 Å². The maximum atomic E-state index is 14.1. The Bertz CT molecular complexity index is 802. The lowest BCUT2D eigenvalue weighted by molar-refractivity contribution is 0.0633. The first-order chi connectivity index (χ1) is 11.6. The maximum absolute atomic E-state index is 14.1. The van der Waals surface area contributed by atoms with Crippen LogP contribution in [-0.4, -0.2) is 27.8 Å². The molecule has 1 aromatic carbocycles. The zero-order valence-electron chi connectivity index (χ0n) is 13.9. The van der Waals surface area contributed by atoms with E-state index in [0.717, 1.165) is 6.07 Å². The van der Waals surface area contributed by atoms with Crippen LogP contribution in [0.4, 0.5) is 14.9 Å². The fraction of sp³-hybridized carbons (Fsp3) is 0.235. The van der Waals surface area contributed by atoms with E-state index >= 15 is 0 Å². The molecule has 0 aliphatic carbocycles. The Morgan fingerprint density at radius 1 is 1.16 bits per heavy atom. The number of carboxylic acids is 1. The number of nitrogens with one attached hydrogen (secondary N) is 1. The second-order valence-corrected chi connectivity index (χ2v) is 6.05. The van der Waals surface area contributed by atoms with Crippen LogP contribution in [0.1, 0.15) is 31.3 Å². The number of aromatic nitrogens is 1. The van der Waals surface area contributed by atoms with Crippen molar-refractivity contribution >= 4 is 17.7 Å². The molecule has 2 rings (SSSR count). The molecule has 0 atom stereocenters. The Kier molecular flexibility index (Phi) is 5.21. The first-order valence-corrected chi connectivity index (χ1v) is 7.31. The molecule has 7 nitrogen and oxygen atoms in total. The van der Waals surface area contributed by atoms with Crippen molar-refractivity contribution in [2.45, 2.75) is 26.4 Å². The van der Waals surface area contributed by atoms with Crippen LogP contribution >= 0.6 is 0 Å². The Hall–Kier alpha value is -3.16. The fourth-order valence-corrected chi connectivity index (χ4v) is 1.80. The second-order valence-electron chi connectivity index (χ2n) is 6.05. The van der Waals surface area contributed by atoms with Crippen LogP contribution in [0.3, 0.4) is 0 Å². The van der Waals surface area contributed by atoms with E-state index in [-0.39, 0.29) is 22.9 Å². The van der Waals surface area contributed by atoms with E-state index in [2.05, 4.69) is 10.3 Å². The van der Waals surface area contributed by atoms with Gasteiger partial charge in [0.25, 0.3) is 0 Å². The molecule has 0 spiro atoms. The molecule has 1 amide bonds. The van der Waals surface area contributed by atoms with E-state index in [1.165, 1.54) is 30.5 Å². The van der Waals surface area contributed by atoms with Gasteiger partial charge in [0.2, 0.25) is 0 Å². The van der Waals surface area contributed by atoms with Crippen LogP contribution in [0.15, 0.2) is 36.5 Å². The van der Waals surface area contributed by atoms with E-state index in [1.54, 1.807) is 20.8 Å². The average Bonchev–Trinajstić information content (AvgIpc) is 2.48. The number of nitrogens with zero attached hydrogens (tertiary/aromatic N) is 1. The maximum Gasteiger partial charge on any atom is 0.412 e. The number of carboxylic acid groups (broad SMARTS) is 1. The SMILES string of the molecule is CC(C)(C)OC(=O)Nc1ccc(Oc2ccnc(C(=O)O)c2)cc1F. The Labute approximate surface area is 143 Å². The van der Waals surface area contributed by atoms with Gasteiger partial charge in [-0.3, -0.25) is 5.32 Å². The number of carbonyl (C=O) groups is 2. The lowest BCUT2D eigenvalue weighted by Crippen LogP contribution is -2.27. The first-order valence-electron chi connectivity index (χ1n) is 7.31. The van der Waals surface area contributed by atoms with Gasteiger partial charge in [-0.15, -0.1) is 0 Å². The molecule has 0 unspecified atom stereocenters. The van der Waals surface area contributed by atoms with Gasteiger partial charge in [0.05, 0.1) is 5.69 Å². The zero-order chi connectivity index (χ0) is 18.6. The molecule has 8 heteroatoms. The number of aromatic carboxylic acids is 1. The normalized spacial score (nSPS) is 10.9. The molecule has 0 aliphatic rings. The van der Waals surface area contributed by atoms with E-state index < -0.39 is 23.5 Å². The number of hydrogen-bond donors (Lipinski definition) is 2. The minimum Gasteiger partial charge on any atom is -0.477 e. The summed E-state index contributed by atoms with van der Waals surface area (Å²) in [5.74, 6) is -1.60. The summed E-state index contributed by atoms with van der Waals surface area (Å²) in [5.41, 5.74) is -0.962. The molecule has 2 N–H and O–H groups in total. The summed E-state index contributed by atoms with van der Waals surface area (Å²) in [5, 5.41) is 11.2. The van der Waals surface area contributed by atoms with E-state index in [9.17, 15) is 14.0 Å². The smallest absolute Gasteiger partial charge is 0.412 e. The molecule has 25 heavy (non-hydrogen) atoms. The Balaban J connectivity index is 2.10.